The third kappa shape index (κ3) is 3.83. The Morgan fingerprint density at radius 3 is 2.40 bits per heavy atom. The number of carbonyl (C=O) groups is 1. The van der Waals surface area contributed by atoms with Gasteiger partial charge in [-0.2, -0.15) is 18.3 Å². The first-order valence-corrected chi connectivity index (χ1v) is 9.28. The van der Waals surface area contributed by atoms with Crippen LogP contribution in [0.25, 0.3) is 16.9 Å². The molecular formula is C20H11Cl2F3N4O. The van der Waals surface area contributed by atoms with E-state index in [1.807, 2.05) is 0 Å². The lowest BCUT2D eigenvalue weighted by Gasteiger charge is -2.11. The SMILES string of the molecule is O=C(Nc1cccc(Cl)c1)c1nn2c(C(F)(F)F)cc(-c3ccccc3)nc2c1Cl. The summed E-state index contributed by atoms with van der Waals surface area (Å²) in [5.41, 5.74) is -0.905. The van der Waals surface area contributed by atoms with Crippen LogP contribution in [0.1, 0.15) is 16.2 Å². The molecule has 0 aliphatic carbocycles. The average molecular weight is 451 g/mol. The zero-order chi connectivity index (χ0) is 21.5. The van der Waals surface area contributed by atoms with Crippen molar-refractivity contribution in [3.8, 4) is 11.3 Å². The molecule has 0 fully saturated rings. The van der Waals surface area contributed by atoms with Gasteiger partial charge < -0.3 is 5.32 Å². The molecule has 0 aliphatic rings. The van der Waals surface area contributed by atoms with Gasteiger partial charge in [0.1, 0.15) is 5.02 Å². The minimum absolute atomic E-state index is 0.0547. The Balaban J connectivity index is 1.85. The fourth-order valence-electron chi connectivity index (χ4n) is 2.85. The highest BCUT2D eigenvalue weighted by molar-refractivity contribution is 6.37. The molecule has 5 nitrogen and oxygen atoms in total. The molecule has 1 amide bonds. The summed E-state index contributed by atoms with van der Waals surface area (Å²) in [4.78, 5) is 16.8. The molecule has 4 aromatic rings. The third-order valence-electron chi connectivity index (χ3n) is 4.19. The quantitative estimate of drug-likeness (QED) is 0.417. The van der Waals surface area contributed by atoms with Gasteiger partial charge in [-0.05, 0) is 24.3 Å². The Bertz CT molecular complexity index is 1260. The first-order chi connectivity index (χ1) is 14.2. The van der Waals surface area contributed by atoms with Gasteiger partial charge in [0.15, 0.2) is 17.0 Å². The Morgan fingerprint density at radius 2 is 1.73 bits per heavy atom. The van der Waals surface area contributed by atoms with Crippen molar-refractivity contribution in [2.45, 2.75) is 6.18 Å². The highest BCUT2D eigenvalue weighted by Gasteiger charge is 2.36. The molecule has 10 heteroatoms. The van der Waals surface area contributed by atoms with Gasteiger partial charge in [-0.3, -0.25) is 4.79 Å². The fourth-order valence-corrected chi connectivity index (χ4v) is 3.29. The number of carbonyl (C=O) groups excluding carboxylic acids is 1. The summed E-state index contributed by atoms with van der Waals surface area (Å²) in [6.45, 7) is 0. The van der Waals surface area contributed by atoms with Gasteiger partial charge in [0.25, 0.3) is 5.91 Å². The molecule has 0 unspecified atom stereocenters. The molecule has 0 atom stereocenters. The normalized spacial score (nSPS) is 11.6. The van der Waals surface area contributed by atoms with E-state index in [1.54, 1.807) is 48.5 Å². The number of hydrogen-bond acceptors (Lipinski definition) is 3. The maximum atomic E-state index is 13.7. The average Bonchev–Trinajstić information content (AvgIpc) is 3.04. The molecule has 30 heavy (non-hydrogen) atoms. The van der Waals surface area contributed by atoms with Crippen molar-refractivity contribution in [3.05, 3.63) is 82.1 Å². The zero-order valence-electron chi connectivity index (χ0n) is 14.9. The Morgan fingerprint density at radius 1 is 1.00 bits per heavy atom. The first-order valence-electron chi connectivity index (χ1n) is 8.53. The van der Waals surface area contributed by atoms with Crippen LogP contribution in [0, 0.1) is 0 Å². The standard InChI is InChI=1S/C20H11Cl2F3N4O/c21-12-7-4-8-13(9-12)26-19(30)17-16(22)18-27-14(11-5-2-1-3-6-11)10-15(20(23,24)25)29(18)28-17/h1-10H,(H,26,30). The van der Waals surface area contributed by atoms with Gasteiger partial charge in [-0.1, -0.05) is 59.6 Å². The van der Waals surface area contributed by atoms with Crippen molar-refractivity contribution in [3.63, 3.8) is 0 Å². The maximum absolute atomic E-state index is 13.7. The zero-order valence-corrected chi connectivity index (χ0v) is 16.4. The van der Waals surface area contributed by atoms with Crippen molar-refractivity contribution in [2.75, 3.05) is 5.32 Å². The molecule has 4 rings (SSSR count). The van der Waals surface area contributed by atoms with E-state index < -0.39 is 17.8 Å². The van der Waals surface area contributed by atoms with Crippen LogP contribution in [-0.4, -0.2) is 20.5 Å². The molecule has 0 bridgehead atoms. The number of rotatable bonds is 3. The van der Waals surface area contributed by atoms with Crippen LogP contribution in [0.2, 0.25) is 10.0 Å². The van der Waals surface area contributed by atoms with E-state index in [0.717, 1.165) is 6.07 Å². The molecule has 1 N–H and O–H groups in total. The smallest absolute Gasteiger partial charge is 0.320 e. The number of hydrogen-bond donors (Lipinski definition) is 1. The van der Waals surface area contributed by atoms with Gasteiger partial charge in [0, 0.05) is 16.3 Å². The molecule has 2 aromatic heterocycles. The molecule has 0 saturated heterocycles. The van der Waals surface area contributed by atoms with Crippen molar-refractivity contribution < 1.29 is 18.0 Å². The summed E-state index contributed by atoms with van der Waals surface area (Å²) < 4.78 is 41.6. The number of halogens is 5. The second kappa shape index (κ2) is 7.62. The predicted molar refractivity (Wildman–Crippen MR) is 108 cm³/mol. The van der Waals surface area contributed by atoms with Crippen molar-refractivity contribution in [2.24, 2.45) is 0 Å². The maximum Gasteiger partial charge on any atom is 0.433 e. The summed E-state index contributed by atoms with van der Waals surface area (Å²) in [6, 6.07) is 15.5. The van der Waals surface area contributed by atoms with E-state index in [4.69, 9.17) is 23.2 Å². The van der Waals surface area contributed by atoms with Crippen LogP contribution >= 0.6 is 23.2 Å². The van der Waals surface area contributed by atoms with E-state index in [9.17, 15) is 18.0 Å². The van der Waals surface area contributed by atoms with Crippen LogP contribution in [0.5, 0.6) is 0 Å². The summed E-state index contributed by atoms with van der Waals surface area (Å²) in [5.74, 6) is -0.790. The molecular weight excluding hydrogens is 440 g/mol. The Hall–Kier alpha value is -3.10. The van der Waals surface area contributed by atoms with Crippen LogP contribution < -0.4 is 5.32 Å². The number of fused-ring (bicyclic) bond motifs is 1. The van der Waals surface area contributed by atoms with E-state index in [0.29, 0.717) is 20.8 Å². The van der Waals surface area contributed by atoms with E-state index in [-0.39, 0.29) is 22.1 Å². The van der Waals surface area contributed by atoms with E-state index >= 15 is 0 Å². The van der Waals surface area contributed by atoms with Gasteiger partial charge in [-0.15, -0.1) is 0 Å². The van der Waals surface area contributed by atoms with E-state index in [2.05, 4.69) is 15.4 Å². The largest absolute Gasteiger partial charge is 0.433 e. The van der Waals surface area contributed by atoms with Crippen molar-refractivity contribution in [1.82, 2.24) is 14.6 Å². The van der Waals surface area contributed by atoms with Gasteiger partial charge >= 0.3 is 6.18 Å². The lowest BCUT2D eigenvalue weighted by molar-refractivity contribution is -0.142. The van der Waals surface area contributed by atoms with Gasteiger partial charge in [0.05, 0.1) is 5.69 Å². The molecule has 2 aromatic carbocycles. The van der Waals surface area contributed by atoms with Crippen LogP contribution in [0.3, 0.4) is 0 Å². The summed E-state index contributed by atoms with van der Waals surface area (Å²) in [5, 5.41) is 6.39. The lowest BCUT2D eigenvalue weighted by Crippen LogP contribution is -2.15. The number of amides is 1. The van der Waals surface area contributed by atoms with Gasteiger partial charge in [0.2, 0.25) is 0 Å². The summed E-state index contributed by atoms with van der Waals surface area (Å²) >= 11 is 12.1. The molecule has 0 saturated carbocycles. The second-order valence-electron chi connectivity index (χ2n) is 6.25. The number of nitrogens with one attached hydrogen (secondary N) is 1. The number of benzene rings is 2. The fraction of sp³-hybridized carbons (Fsp3) is 0.0500. The van der Waals surface area contributed by atoms with Crippen LogP contribution in [0.4, 0.5) is 18.9 Å². The van der Waals surface area contributed by atoms with Gasteiger partial charge in [-0.25, -0.2) is 9.50 Å². The number of anilines is 1. The van der Waals surface area contributed by atoms with E-state index in [1.165, 1.54) is 6.07 Å². The summed E-state index contributed by atoms with van der Waals surface area (Å²) in [7, 11) is 0. The number of nitrogens with zero attached hydrogens (tertiary/aromatic N) is 3. The molecule has 0 aliphatic heterocycles. The summed E-state index contributed by atoms with van der Waals surface area (Å²) in [6.07, 6.45) is -4.75. The molecule has 0 spiro atoms. The minimum Gasteiger partial charge on any atom is -0.320 e. The third-order valence-corrected chi connectivity index (χ3v) is 4.77. The van der Waals surface area contributed by atoms with Crippen LogP contribution in [-0.2, 0) is 6.18 Å². The second-order valence-corrected chi connectivity index (χ2v) is 7.07. The first kappa shape index (κ1) is 20.2. The van der Waals surface area contributed by atoms with Crippen molar-refractivity contribution in [1.29, 1.82) is 0 Å². The molecule has 0 radical (unpaired) electrons. The van der Waals surface area contributed by atoms with Crippen LogP contribution in [0.15, 0.2) is 60.7 Å². The monoisotopic (exact) mass is 450 g/mol. The number of aromatic nitrogens is 3. The number of alkyl halides is 3. The molecule has 2 heterocycles. The topological polar surface area (TPSA) is 59.3 Å². The Labute approximate surface area is 178 Å². The molecule has 152 valence electrons. The van der Waals surface area contributed by atoms with Crippen molar-refractivity contribution >= 4 is 40.4 Å². The highest BCUT2D eigenvalue weighted by Crippen LogP contribution is 2.34. The highest BCUT2D eigenvalue weighted by atomic mass is 35.5. The predicted octanol–water partition coefficient (Wildman–Crippen LogP) is 5.97. The Kier molecular flexibility index (Phi) is 5.13. The minimum atomic E-state index is -4.75. The lowest BCUT2D eigenvalue weighted by atomic mass is 10.1.